The van der Waals surface area contributed by atoms with Gasteiger partial charge in [0, 0.05) is 64.0 Å². The van der Waals surface area contributed by atoms with E-state index in [-0.39, 0.29) is 11.7 Å². The molecule has 2 fully saturated rings. The maximum absolute atomic E-state index is 12.9. The fourth-order valence-corrected chi connectivity index (χ4v) is 4.92. The lowest BCUT2D eigenvalue weighted by molar-refractivity contribution is -0.274. The molecule has 202 valence electrons. The van der Waals surface area contributed by atoms with Crippen molar-refractivity contribution in [3.05, 3.63) is 36.7 Å². The zero-order valence-corrected chi connectivity index (χ0v) is 21.5. The van der Waals surface area contributed by atoms with Gasteiger partial charge >= 0.3 is 6.36 Å². The van der Waals surface area contributed by atoms with Crippen molar-refractivity contribution in [1.29, 1.82) is 0 Å². The Hall–Kier alpha value is -2.92. The number of hydrogen-bond donors (Lipinski definition) is 0. The van der Waals surface area contributed by atoms with Gasteiger partial charge in [0.2, 0.25) is 5.91 Å². The molecule has 2 aromatic rings. The van der Waals surface area contributed by atoms with Crippen molar-refractivity contribution < 1.29 is 22.7 Å². The molecule has 8 nitrogen and oxygen atoms in total. The number of carbonyl (C=O) groups is 1. The molecule has 1 atom stereocenters. The lowest BCUT2D eigenvalue weighted by Gasteiger charge is -2.40. The van der Waals surface area contributed by atoms with Crippen molar-refractivity contribution in [2.45, 2.75) is 39.1 Å². The third-order valence-corrected chi connectivity index (χ3v) is 7.05. The zero-order valence-electron chi connectivity index (χ0n) is 21.5. The van der Waals surface area contributed by atoms with Gasteiger partial charge in [-0.05, 0) is 25.5 Å². The molecule has 2 aliphatic rings. The van der Waals surface area contributed by atoms with E-state index in [1.54, 1.807) is 18.5 Å². The SMILES string of the molecule is CCCC(C)N1CCN(C(=O)CN2CCN(c3cnc(-c4cccc(OC(F)(F)F)c4)cn3)CC2)CC1. The Morgan fingerprint density at radius 1 is 1.03 bits per heavy atom. The summed E-state index contributed by atoms with van der Waals surface area (Å²) in [4.78, 5) is 30.5. The van der Waals surface area contributed by atoms with Crippen LogP contribution in [0.15, 0.2) is 36.7 Å². The van der Waals surface area contributed by atoms with Crippen LogP contribution in [0.3, 0.4) is 0 Å². The van der Waals surface area contributed by atoms with Gasteiger partial charge < -0.3 is 14.5 Å². The summed E-state index contributed by atoms with van der Waals surface area (Å²) >= 11 is 0. The highest BCUT2D eigenvalue weighted by molar-refractivity contribution is 5.78. The first-order valence-corrected chi connectivity index (χ1v) is 12.9. The molecule has 2 aliphatic heterocycles. The molecule has 1 aromatic carbocycles. The average Bonchev–Trinajstić information content (AvgIpc) is 2.89. The highest BCUT2D eigenvalue weighted by Gasteiger charge is 2.31. The number of anilines is 1. The van der Waals surface area contributed by atoms with Crippen LogP contribution in [0.5, 0.6) is 5.75 Å². The molecule has 0 spiro atoms. The number of ether oxygens (including phenoxy) is 1. The molecule has 1 aromatic heterocycles. The number of aromatic nitrogens is 2. The number of piperazine rings is 2. The van der Waals surface area contributed by atoms with E-state index in [1.807, 2.05) is 4.90 Å². The quantitative estimate of drug-likeness (QED) is 0.528. The van der Waals surface area contributed by atoms with E-state index in [2.05, 4.69) is 43.3 Å². The Balaban J connectivity index is 1.24. The number of carbonyl (C=O) groups excluding carboxylic acids is 1. The molecule has 2 saturated heterocycles. The topological polar surface area (TPSA) is 65.0 Å². The largest absolute Gasteiger partial charge is 0.573 e. The summed E-state index contributed by atoms with van der Waals surface area (Å²) in [7, 11) is 0. The van der Waals surface area contributed by atoms with Crippen LogP contribution < -0.4 is 9.64 Å². The number of halogens is 3. The van der Waals surface area contributed by atoms with Crippen LogP contribution in [0.4, 0.5) is 19.0 Å². The van der Waals surface area contributed by atoms with Gasteiger partial charge in [-0.2, -0.15) is 0 Å². The van der Waals surface area contributed by atoms with Crippen LogP contribution in [0.1, 0.15) is 26.7 Å². The summed E-state index contributed by atoms with van der Waals surface area (Å²) in [6.45, 7) is 11.3. The first-order chi connectivity index (χ1) is 17.7. The maximum Gasteiger partial charge on any atom is 0.573 e. The predicted octanol–water partition coefficient (Wildman–Crippen LogP) is 3.50. The van der Waals surface area contributed by atoms with Crippen molar-refractivity contribution in [3.63, 3.8) is 0 Å². The number of alkyl halides is 3. The van der Waals surface area contributed by atoms with E-state index in [4.69, 9.17) is 0 Å². The van der Waals surface area contributed by atoms with Gasteiger partial charge in [-0.25, -0.2) is 4.98 Å². The van der Waals surface area contributed by atoms with Crippen molar-refractivity contribution in [2.75, 3.05) is 63.8 Å². The van der Waals surface area contributed by atoms with Crippen molar-refractivity contribution in [2.24, 2.45) is 0 Å². The van der Waals surface area contributed by atoms with Gasteiger partial charge in [0.05, 0.1) is 24.6 Å². The minimum atomic E-state index is -4.75. The van der Waals surface area contributed by atoms with E-state index in [9.17, 15) is 18.0 Å². The van der Waals surface area contributed by atoms with Crippen LogP contribution in [0.2, 0.25) is 0 Å². The number of benzene rings is 1. The summed E-state index contributed by atoms with van der Waals surface area (Å²) in [5, 5.41) is 0. The Labute approximate surface area is 216 Å². The van der Waals surface area contributed by atoms with Crippen LogP contribution >= 0.6 is 0 Å². The van der Waals surface area contributed by atoms with E-state index in [1.165, 1.54) is 31.0 Å². The molecule has 4 rings (SSSR count). The van der Waals surface area contributed by atoms with Crippen LogP contribution in [-0.2, 0) is 4.79 Å². The number of rotatable bonds is 8. The number of nitrogens with zero attached hydrogens (tertiary/aromatic N) is 6. The Morgan fingerprint density at radius 3 is 2.38 bits per heavy atom. The number of hydrogen-bond acceptors (Lipinski definition) is 7. The second-order valence-corrected chi connectivity index (χ2v) is 9.65. The van der Waals surface area contributed by atoms with E-state index < -0.39 is 6.36 Å². The summed E-state index contributed by atoms with van der Waals surface area (Å²) < 4.78 is 41.5. The van der Waals surface area contributed by atoms with Gasteiger partial charge in [-0.3, -0.25) is 19.6 Å². The Bertz CT molecular complexity index is 1020. The predicted molar refractivity (Wildman–Crippen MR) is 135 cm³/mol. The van der Waals surface area contributed by atoms with Gasteiger partial charge in [0.15, 0.2) is 0 Å². The van der Waals surface area contributed by atoms with E-state index >= 15 is 0 Å². The molecule has 0 N–H and O–H groups in total. The van der Waals surface area contributed by atoms with Crippen LogP contribution in [0.25, 0.3) is 11.3 Å². The van der Waals surface area contributed by atoms with Crippen LogP contribution in [-0.4, -0.2) is 102 Å². The molecule has 37 heavy (non-hydrogen) atoms. The second kappa shape index (κ2) is 12.1. The van der Waals surface area contributed by atoms with Gasteiger partial charge in [-0.15, -0.1) is 13.2 Å². The summed E-state index contributed by atoms with van der Waals surface area (Å²) in [5.41, 5.74) is 0.953. The molecule has 3 heterocycles. The summed E-state index contributed by atoms with van der Waals surface area (Å²) in [6.07, 6.45) is 0.806. The summed E-state index contributed by atoms with van der Waals surface area (Å²) in [5.74, 6) is 0.598. The zero-order chi connectivity index (χ0) is 26.4. The fraction of sp³-hybridized carbons (Fsp3) is 0.577. The van der Waals surface area contributed by atoms with Crippen molar-refractivity contribution in [3.8, 4) is 17.0 Å². The molecule has 1 amide bonds. The molecule has 0 bridgehead atoms. The minimum Gasteiger partial charge on any atom is -0.406 e. The lowest BCUT2D eigenvalue weighted by atomic mass is 10.1. The smallest absolute Gasteiger partial charge is 0.406 e. The van der Waals surface area contributed by atoms with Gasteiger partial charge in [-0.1, -0.05) is 25.5 Å². The highest BCUT2D eigenvalue weighted by Crippen LogP contribution is 2.27. The van der Waals surface area contributed by atoms with Gasteiger partial charge in [0.25, 0.3) is 0 Å². The highest BCUT2D eigenvalue weighted by atomic mass is 19.4. The van der Waals surface area contributed by atoms with Gasteiger partial charge in [0.1, 0.15) is 11.6 Å². The molecule has 0 saturated carbocycles. The first kappa shape index (κ1) is 27.1. The third kappa shape index (κ3) is 7.54. The lowest BCUT2D eigenvalue weighted by Crippen LogP contribution is -2.55. The fourth-order valence-electron chi connectivity index (χ4n) is 4.92. The normalized spacial score (nSPS) is 18.6. The molecular weight excluding hydrogens is 485 g/mol. The first-order valence-electron chi connectivity index (χ1n) is 12.9. The van der Waals surface area contributed by atoms with E-state index in [0.717, 1.165) is 52.4 Å². The molecule has 0 radical (unpaired) electrons. The molecular formula is C26H35F3N6O2. The van der Waals surface area contributed by atoms with E-state index in [0.29, 0.717) is 29.7 Å². The summed E-state index contributed by atoms with van der Waals surface area (Å²) in [6, 6.07) is 6.25. The van der Waals surface area contributed by atoms with Crippen molar-refractivity contribution >= 4 is 11.7 Å². The van der Waals surface area contributed by atoms with Crippen molar-refractivity contribution in [1.82, 2.24) is 24.7 Å². The number of amides is 1. The molecule has 11 heteroatoms. The standard InChI is InChI=1S/C26H35F3N6O2/c1-3-5-20(2)33-12-14-35(15-13-33)25(36)19-32-8-10-34(11-9-32)24-18-30-23(17-31-24)21-6-4-7-22(16-21)37-26(27,28)29/h4,6-7,16-18,20H,3,5,8-15,19H2,1-2H3. The minimum absolute atomic E-state index is 0.192. The average molecular weight is 521 g/mol. The Kier molecular flexibility index (Phi) is 8.86. The maximum atomic E-state index is 12.9. The third-order valence-electron chi connectivity index (χ3n) is 7.05. The van der Waals surface area contributed by atoms with Crippen LogP contribution in [0, 0.1) is 0 Å². The molecule has 1 unspecified atom stereocenters. The Morgan fingerprint density at radius 2 is 1.76 bits per heavy atom. The molecule has 0 aliphatic carbocycles. The monoisotopic (exact) mass is 520 g/mol. The second-order valence-electron chi connectivity index (χ2n) is 9.65.